The molecule has 0 radical (unpaired) electrons. The maximum absolute atomic E-state index is 12.6. The van der Waals surface area contributed by atoms with Crippen LogP contribution in [-0.2, 0) is 17.9 Å². The molecule has 0 spiro atoms. The van der Waals surface area contributed by atoms with Gasteiger partial charge in [0.1, 0.15) is 0 Å². The lowest BCUT2D eigenvalue weighted by molar-refractivity contribution is -0.122. The van der Waals surface area contributed by atoms with E-state index in [-0.39, 0.29) is 18.4 Å². The highest BCUT2D eigenvalue weighted by Gasteiger charge is 2.18. The van der Waals surface area contributed by atoms with Gasteiger partial charge in [-0.1, -0.05) is 54.6 Å². The third-order valence-corrected chi connectivity index (χ3v) is 4.65. The van der Waals surface area contributed by atoms with Crippen LogP contribution in [0, 0.1) is 13.8 Å². The zero-order chi connectivity index (χ0) is 19.2. The number of rotatable bonds is 7. The fourth-order valence-corrected chi connectivity index (χ4v) is 3.24. The van der Waals surface area contributed by atoms with E-state index in [0.29, 0.717) is 6.54 Å². The summed E-state index contributed by atoms with van der Waals surface area (Å²) in [6, 6.07) is 19.9. The Morgan fingerprint density at radius 1 is 1.07 bits per heavy atom. The number of nitrogens with zero attached hydrogens (tertiary/aromatic N) is 2. The minimum Gasteiger partial charge on any atom is -0.351 e. The number of carbonyl (C=O) groups excluding carboxylic acids is 1. The Bertz CT molecular complexity index is 902. The van der Waals surface area contributed by atoms with E-state index in [4.69, 9.17) is 5.73 Å². The summed E-state index contributed by atoms with van der Waals surface area (Å²) in [5, 5.41) is 7.52. The van der Waals surface area contributed by atoms with Crippen molar-refractivity contribution >= 4 is 5.91 Å². The SMILES string of the molecule is Cc1cc(C)n(Cc2cccc(CNC(=O)[C@@H](CN)c3ccccc3)c2)n1. The summed E-state index contributed by atoms with van der Waals surface area (Å²) in [7, 11) is 0. The maximum Gasteiger partial charge on any atom is 0.229 e. The van der Waals surface area contributed by atoms with E-state index >= 15 is 0 Å². The predicted octanol–water partition coefficient (Wildman–Crippen LogP) is 2.91. The van der Waals surface area contributed by atoms with Gasteiger partial charge in [-0.2, -0.15) is 5.10 Å². The molecule has 1 heterocycles. The largest absolute Gasteiger partial charge is 0.351 e. The van der Waals surface area contributed by atoms with Gasteiger partial charge in [0.15, 0.2) is 0 Å². The van der Waals surface area contributed by atoms with Gasteiger partial charge in [0.05, 0.1) is 18.2 Å². The van der Waals surface area contributed by atoms with Crippen LogP contribution in [0.1, 0.15) is 34.0 Å². The van der Waals surface area contributed by atoms with Crippen LogP contribution in [0.25, 0.3) is 0 Å². The molecule has 0 saturated heterocycles. The number of hydrogen-bond donors (Lipinski definition) is 2. The molecule has 0 bridgehead atoms. The zero-order valence-corrected chi connectivity index (χ0v) is 15.9. The van der Waals surface area contributed by atoms with Crippen LogP contribution in [0.3, 0.4) is 0 Å². The molecule has 3 aromatic rings. The molecule has 5 nitrogen and oxygen atoms in total. The third-order valence-electron chi connectivity index (χ3n) is 4.65. The molecule has 0 aliphatic heterocycles. The highest BCUT2D eigenvalue weighted by molar-refractivity contribution is 5.83. The van der Waals surface area contributed by atoms with Crippen molar-refractivity contribution in [3.8, 4) is 0 Å². The topological polar surface area (TPSA) is 72.9 Å². The van der Waals surface area contributed by atoms with Gasteiger partial charge >= 0.3 is 0 Å². The second-order valence-electron chi connectivity index (χ2n) is 6.82. The fraction of sp³-hybridized carbons (Fsp3) is 0.273. The lowest BCUT2D eigenvalue weighted by Gasteiger charge is -2.15. The molecule has 5 heteroatoms. The summed E-state index contributed by atoms with van der Waals surface area (Å²) in [5.41, 5.74) is 11.1. The van der Waals surface area contributed by atoms with E-state index in [2.05, 4.69) is 35.5 Å². The van der Waals surface area contributed by atoms with E-state index in [1.807, 2.05) is 54.1 Å². The molecule has 1 aromatic heterocycles. The number of aromatic nitrogens is 2. The summed E-state index contributed by atoms with van der Waals surface area (Å²) in [4.78, 5) is 12.6. The Morgan fingerprint density at radius 2 is 1.81 bits per heavy atom. The van der Waals surface area contributed by atoms with Crippen molar-refractivity contribution in [1.82, 2.24) is 15.1 Å². The minimum atomic E-state index is -0.330. The van der Waals surface area contributed by atoms with Crippen molar-refractivity contribution in [2.45, 2.75) is 32.9 Å². The van der Waals surface area contributed by atoms with Crippen LogP contribution >= 0.6 is 0 Å². The average Bonchev–Trinajstić information content (AvgIpc) is 2.99. The maximum atomic E-state index is 12.6. The highest BCUT2D eigenvalue weighted by atomic mass is 16.1. The van der Waals surface area contributed by atoms with Gasteiger partial charge < -0.3 is 11.1 Å². The summed E-state index contributed by atoms with van der Waals surface area (Å²) >= 11 is 0. The molecule has 0 aliphatic carbocycles. The molecule has 2 aromatic carbocycles. The van der Waals surface area contributed by atoms with Crippen molar-refractivity contribution in [3.63, 3.8) is 0 Å². The molecule has 0 unspecified atom stereocenters. The van der Waals surface area contributed by atoms with Crippen molar-refractivity contribution in [2.24, 2.45) is 5.73 Å². The van der Waals surface area contributed by atoms with E-state index in [0.717, 1.165) is 34.6 Å². The van der Waals surface area contributed by atoms with Gasteiger partial charge in [-0.05, 0) is 36.6 Å². The Balaban J connectivity index is 1.64. The van der Waals surface area contributed by atoms with Gasteiger partial charge in [-0.3, -0.25) is 9.48 Å². The first kappa shape index (κ1) is 18.9. The van der Waals surface area contributed by atoms with Gasteiger partial charge in [-0.15, -0.1) is 0 Å². The molecule has 1 atom stereocenters. The van der Waals surface area contributed by atoms with Crippen LogP contribution in [0.2, 0.25) is 0 Å². The van der Waals surface area contributed by atoms with Crippen molar-refractivity contribution in [3.05, 3.63) is 88.7 Å². The number of nitrogens with one attached hydrogen (secondary N) is 1. The number of benzene rings is 2. The van der Waals surface area contributed by atoms with E-state index in [1.54, 1.807) is 0 Å². The summed E-state index contributed by atoms with van der Waals surface area (Å²) < 4.78 is 1.99. The van der Waals surface area contributed by atoms with Crippen molar-refractivity contribution in [1.29, 1.82) is 0 Å². The van der Waals surface area contributed by atoms with Crippen molar-refractivity contribution in [2.75, 3.05) is 6.54 Å². The second kappa shape index (κ2) is 8.64. The standard InChI is InChI=1S/C22H26N4O/c1-16-11-17(2)26(25-16)15-19-8-6-7-18(12-19)14-24-22(27)21(13-23)20-9-4-3-5-10-20/h3-12,21H,13-15,23H2,1-2H3,(H,24,27)/t21-/m0/s1. The molecule has 27 heavy (non-hydrogen) atoms. The quantitative estimate of drug-likeness (QED) is 0.679. The number of carbonyl (C=O) groups is 1. The van der Waals surface area contributed by atoms with Gasteiger partial charge in [0.2, 0.25) is 5.91 Å². The Morgan fingerprint density at radius 3 is 2.48 bits per heavy atom. The first-order valence-electron chi connectivity index (χ1n) is 9.18. The molecule has 1 amide bonds. The number of aryl methyl sites for hydroxylation is 2. The van der Waals surface area contributed by atoms with Gasteiger partial charge in [0, 0.05) is 18.8 Å². The predicted molar refractivity (Wildman–Crippen MR) is 107 cm³/mol. The van der Waals surface area contributed by atoms with Crippen LogP contribution in [0.4, 0.5) is 0 Å². The number of nitrogens with two attached hydrogens (primary N) is 1. The fourth-order valence-electron chi connectivity index (χ4n) is 3.24. The first-order valence-corrected chi connectivity index (χ1v) is 9.18. The number of amides is 1. The molecule has 140 valence electrons. The molecule has 3 N–H and O–H groups in total. The Hall–Kier alpha value is -2.92. The van der Waals surface area contributed by atoms with Crippen LogP contribution < -0.4 is 11.1 Å². The lowest BCUT2D eigenvalue weighted by atomic mass is 9.98. The monoisotopic (exact) mass is 362 g/mol. The summed E-state index contributed by atoms with van der Waals surface area (Å²) in [6.45, 7) is 5.54. The number of hydrogen-bond acceptors (Lipinski definition) is 3. The molecule has 0 saturated carbocycles. The van der Waals surface area contributed by atoms with E-state index in [9.17, 15) is 4.79 Å². The van der Waals surface area contributed by atoms with Crippen LogP contribution in [-0.4, -0.2) is 22.2 Å². The van der Waals surface area contributed by atoms with Gasteiger partial charge in [0.25, 0.3) is 0 Å². The van der Waals surface area contributed by atoms with Crippen LogP contribution in [0.15, 0.2) is 60.7 Å². The van der Waals surface area contributed by atoms with Crippen molar-refractivity contribution < 1.29 is 4.79 Å². The summed E-state index contributed by atoms with van der Waals surface area (Å²) in [6.07, 6.45) is 0. The normalized spacial score (nSPS) is 12.0. The van der Waals surface area contributed by atoms with E-state index < -0.39 is 0 Å². The molecular formula is C22H26N4O. The average molecular weight is 362 g/mol. The first-order chi connectivity index (χ1) is 13.1. The lowest BCUT2D eigenvalue weighted by Crippen LogP contribution is -2.33. The molecule has 0 fully saturated rings. The molecule has 0 aliphatic rings. The zero-order valence-electron chi connectivity index (χ0n) is 15.9. The third kappa shape index (κ3) is 4.83. The molecular weight excluding hydrogens is 336 g/mol. The Kier molecular flexibility index (Phi) is 6.04. The summed E-state index contributed by atoms with van der Waals surface area (Å²) in [5.74, 6) is -0.378. The smallest absolute Gasteiger partial charge is 0.229 e. The van der Waals surface area contributed by atoms with Gasteiger partial charge in [-0.25, -0.2) is 0 Å². The van der Waals surface area contributed by atoms with E-state index in [1.165, 1.54) is 0 Å². The molecule has 3 rings (SSSR count). The van der Waals surface area contributed by atoms with Crippen LogP contribution in [0.5, 0.6) is 0 Å². The minimum absolute atomic E-state index is 0.0485. The Labute approximate surface area is 160 Å². The highest BCUT2D eigenvalue weighted by Crippen LogP contribution is 2.15. The second-order valence-corrected chi connectivity index (χ2v) is 6.82.